The highest BCUT2D eigenvalue weighted by atomic mass is 32.2. The zero-order valence-electron chi connectivity index (χ0n) is 12.4. The summed E-state index contributed by atoms with van der Waals surface area (Å²) in [6, 6.07) is 10.3. The molecule has 0 spiro atoms. The largest absolute Gasteiger partial charge is 0.506 e. The number of nitrogens with zero attached hydrogens (tertiary/aromatic N) is 2. The molecule has 8 heteroatoms. The summed E-state index contributed by atoms with van der Waals surface area (Å²) in [6.45, 7) is -0.432. The minimum absolute atomic E-state index is 0.0447. The summed E-state index contributed by atoms with van der Waals surface area (Å²) >= 11 is 0. The summed E-state index contributed by atoms with van der Waals surface area (Å²) in [7, 11) is -1.99. The van der Waals surface area contributed by atoms with Crippen molar-refractivity contribution in [3.8, 4) is 11.5 Å². The molecule has 0 fully saturated rings. The van der Waals surface area contributed by atoms with E-state index in [9.17, 15) is 13.5 Å². The highest BCUT2D eigenvalue weighted by molar-refractivity contribution is 7.91. The molecule has 2 aromatic rings. The molecule has 2 aromatic carbocycles. The lowest BCUT2D eigenvalue weighted by atomic mass is 10.3. The van der Waals surface area contributed by atoms with Crippen molar-refractivity contribution in [1.29, 1.82) is 0 Å². The molecule has 2 rings (SSSR count). The lowest BCUT2D eigenvalue weighted by Crippen LogP contribution is -2.09. The lowest BCUT2D eigenvalue weighted by Gasteiger charge is -2.03. The first-order chi connectivity index (χ1) is 11.0. The number of aliphatic hydroxyl groups excluding tert-OH is 1. The quantitative estimate of drug-likeness (QED) is 0.788. The fourth-order valence-corrected chi connectivity index (χ4v) is 2.81. The monoisotopic (exact) mass is 336 g/mol. The average molecular weight is 336 g/mol. The molecule has 0 saturated carbocycles. The van der Waals surface area contributed by atoms with Gasteiger partial charge in [-0.15, -0.1) is 5.11 Å². The average Bonchev–Trinajstić information content (AvgIpc) is 2.54. The number of sulfone groups is 1. The predicted octanol–water partition coefficient (Wildman–Crippen LogP) is 2.58. The molecule has 7 nitrogen and oxygen atoms in total. The molecule has 0 aliphatic carbocycles. The van der Waals surface area contributed by atoms with Crippen molar-refractivity contribution in [3.05, 3.63) is 42.5 Å². The maximum absolute atomic E-state index is 11.8. The number of phenolic OH excluding ortho intramolecular Hbond substituents is 1. The van der Waals surface area contributed by atoms with Crippen molar-refractivity contribution in [2.24, 2.45) is 10.2 Å². The van der Waals surface area contributed by atoms with Gasteiger partial charge in [0.1, 0.15) is 17.2 Å². The maximum atomic E-state index is 11.8. The first-order valence-electron chi connectivity index (χ1n) is 6.68. The minimum atomic E-state index is -3.49. The molecule has 0 amide bonds. The fourth-order valence-electron chi connectivity index (χ4n) is 1.78. The first-order valence-corrected chi connectivity index (χ1v) is 8.34. The molecule has 0 aromatic heterocycles. The maximum Gasteiger partial charge on any atom is 0.180 e. The first kappa shape index (κ1) is 16.9. The van der Waals surface area contributed by atoms with Crippen LogP contribution in [0.15, 0.2) is 57.6 Å². The summed E-state index contributed by atoms with van der Waals surface area (Å²) in [5.74, 6) is 0.157. The standard InChI is InChI=1S/C15H16N2O5S/c1-22-12-4-7-15(19)14(10-12)17-16-11-2-5-13(6-3-11)23(20,21)9-8-18/h2-7,10,18-19H,8-9H2,1H3/b17-16+. The SMILES string of the molecule is COc1ccc(O)c(/N=N/c2ccc(S(=O)(=O)CCO)cc2)c1. The Morgan fingerprint density at radius 2 is 1.78 bits per heavy atom. The Morgan fingerprint density at radius 3 is 2.39 bits per heavy atom. The number of aromatic hydroxyl groups is 1. The zero-order valence-corrected chi connectivity index (χ0v) is 13.2. The highest BCUT2D eigenvalue weighted by Crippen LogP contribution is 2.32. The molecule has 122 valence electrons. The smallest absolute Gasteiger partial charge is 0.180 e. The predicted molar refractivity (Wildman–Crippen MR) is 84.4 cm³/mol. The topological polar surface area (TPSA) is 109 Å². The molecule has 0 unspecified atom stereocenters. The van der Waals surface area contributed by atoms with Crippen LogP contribution in [0.4, 0.5) is 11.4 Å². The third kappa shape index (κ3) is 4.27. The Hall–Kier alpha value is -2.45. The van der Waals surface area contributed by atoms with Crippen LogP contribution in [0.25, 0.3) is 0 Å². The van der Waals surface area contributed by atoms with Gasteiger partial charge in [0.05, 0.1) is 30.1 Å². The van der Waals surface area contributed by atoms with Crippen LogP contribution in [0.3, 0.4) is 0 Å². The summed E-state index contributed by atoms with van der Waals surface area (Å²) in [4.78, 5) is 0.106. The van der Waals surface area contributed by atoms with Crippen LogP contribution in [-0.2, 0) is 9.84 Å². The van der Waals surface area contributed by atoms with E-state index in [1.165, 1.54) is 43.5 Å². The van der Waals surface area contributed by atoms with E-state index in [-0.39, 0.29) is 22.1 Å². The van der Waals surface area contributed by atoms with Gasteiger partial charge >= 0.3 is 0 Å². The van der Waals surface area contributed by atoms with Crippen LogP contribution in [0.2, 0.25) is 0 Å². The molecule has 0 aliphatic rings. The second kappa shape index (κ2) is 7.21. The molecule has 0 atom stereocenters. The molecule has 0 radical (unpaired) electrons. The van der Waals surface area contributed by atoms with Gasteiger partial charge in [-0.2, -0.15) is 5.11 Å². The minimum Gasteiger partial charge on any atom is -0.506 e. The number of methoxy groups -OCH3 is 1. The van der Waals surface area contributed by atoms with Crippen molar-refractivity contribution in [2.45, 2.75) is 4.90 Å². The molecule has 0 aliphatic heterocycles. The second-order valence-corrected chi connectivity index (χ2v) is 6.70. The van der Waals surface area contributed by atoms with Crippen LogP contribution in [0.5, 0.6) is 11.5 Å². The van der Waals surface area contributed by atoms with Crippen molar-refractivity contribution < 1.29 is 23.4 Å². The van der Waals surface area contributed by atoms with E-state index in [2.05, 4.69) is 10.2 Å². The number of azo groups is 1. The van der Waals surface area contributed by atoms with Gasteiger partial charge < -0.3 is 14.9 Å². The number of ether oxygens (including phenoxy) is 1. The summed E-state index contributed by atoms with van der Waals surface area (Å²) in [5, 5.41) is 26.3. The van der Waals surface area contributed by atoms with Gasteiger partial charge in [-0.3, -0.25) is 0 Å². The molecular weight excluding hydrogens is 320 g/mol. The Balaban J connectivity index is 2.21. The van der Waals surface area contributed by atoms with E-state index in [1.807, 2.05) is 0 Å². The zero-order chi connectivity index (χ0) is 16.9. The van der Waals surface area contributed by atoms with E-state index < -0.39 is 16.4 Å². The van der Waals surface area contributed by atoms with E-state index in [4.69, 9.17) is 9.84 Å². The van der Waals surface area contributed by atoms with Gasteiger partial charge in [-0.1, -0.05) is 0 Å². The van der Waals surface area contributed by atoms with E-state index in [0.717, 1.165) is 0 Å². The van der Waals surface area contributed by atoms with E-state index in [1.54, 1.807) is 6.07 Å². The van der Waals surface area contributed by atoms with Crippen LogP contribution in [0, 0.1) is 0 Å². The second-order valence-electron chi connectivity index (χ2n) is 4.59. The molecule has 23 heavy (non-hydrogen) atoms. The Morgan fingerprint density at radius 1 is 1.09 bits per heavy atom. The molecule has 0 heterocycles. The number of benzene rings is 2. The lowest BCUT2D eigenvalue weighted by molar-refractivity contribution is 0.319. The van der Waals surface area contributed by atoms with Crippen LogP contribution in [-0.4, -0.2) is 38.1 Å². The summed E-state index contributed by atoms with van der Waals surface area (Å²) in [6.07, 6.45) is 0. The molecule has 2 N–H and O–H groups in total. The van der Waals surface area contributed by atoms with E-state index in [0.29, 0.717) is 11.4 Å². The number of hydrogen-bond donors (Lipinski definition) is 2. The third-order valence-corrected chi connectivity index (χ3v) is 4.72. The van der Waals surface area contributed by atoms with Gasteiger partial charge in [0.15, 0.2) is 9.84 Å². The number of hydrogen-bond acceptors (Lipinski definition) is 7. The fraction of sp³-hybridized carbons (Fsp3) is 0.200. The van der Waals surface area contributed by atoms with Crippen molar-refractivity contribution in [1.82, 2.24) is 0 Å². The summed E-state index contributed by atoms with van der Waals surface area (Å²) in [5.41, 5.74) is 0.663. The third-order valence-electron chi connectivity index (χ3n) is 3.01. The number of phenols is 1. The summed E-state index contributed by atoms with van der Waals surface area (Å²) < 4.78 is 28.6. The number of rotatable bonds is 6. The Labute approximate surface area is 133 Å². The Kier molecular flexibility index (Phi) is 5.30. The number of aliphatic hydroxyl groups is 1. The van der Waals surface area contributed by atoms with Gasteiger partial charge in [0, 0.05) is 6.07 Å². The Bertz CT molecular complexity index is 801. The van der Waals surface area contributed by atoms with Crippen LogP contribution >= 0.6 is 0 Å². The molecule has 0 saturated heterocycles. The van der Waals surface area contributed by atoms with Gasteiger partial charge in [0.2, 0.25) is 0 Å². The molecule has 0 bridgehead atoms. The van der Waals surface area contributed by atoms with Crippen molar-refractivity contribution in [3.63, 3.8) is 0 Å². The van der Waals surface area contributed by atoms with Gasteiger partial charge in [-0.25, -0.2) is 8.42 Å². The highest BCUT2D eigenvalue weighted by Gasteiger charge is 2.13. The van der Waals surface area contributed by atoms with Crippen molar-refractivity contribution >= 4 is 21.2 Å². The van der Waals surface area contributed by atoms with Crippen LogP contribution < -0.4 is 4.74 Å². The normalized spacial score (nSPS) is 11.7. The van der Waals surface area contributed by atoms with E-state index >= 15 is 0 Å². The van der Waals surface area contributed by atoms with Crippen molar-refractivity contribution in [2.75, 3.05) is 19.5 Å². The molecular formula is C15H16N2O5S. The van der Waals surface area contributed by atoms with Crippen LogP contribution in [0.1, 0.15) is 0 Å². The van der Waals surface area contributed by atoms with Gasteiger partial charge in [0.25, 0.3) is 0 Å². The van der Waals surface area contributed by atoms with Gasteiger partial charge in [-0.05, 0) is 36.4 Å².